The number of hydrogen-bond acceptors (Lipinski definition) is 2. The minimum atomic E-state index is 0.281. The molecule has 3 atom stereocenters. The van der Waals surface area contributed by atoms with E-state index in [4.69, 9.17) is 0 Å². The van der Waals surface area contributed by atoms with E-state index in [-0.39, 0.29) is 6.61 Å². The highest BCUT2D eigenvalue weighted by atomic mass is 16.3. The van der Waals surface area contributed by atoms with Gasteiger partial charge in [0.25, 0.3) is 0 Å². The molecule has 0 amide bonds. The van der Waals surface area contributed by atoms with Crippen molar-refractivity contribution in [2.24, 2.45) is 11.8 Å². The van der Waals surface area contributed by atoms with Gasteiger partial charge in [-0.2, -0.15) is 0 Å². The van der Waals surface area contributed by atoms with Crippen molar-refractivity contribution in [1.29, 1.82) is 0 Å². The van der Waals surface area contributed by atoms with Crippen molar-refractivity contribution in [2.75, 3.05) is 6.61 Å². The molecule has 0 heterocycles. The molecule has 1 rings (SSSR count). The molecular formula is C13H27NO. The van der Waals surface area contributed by atoms with Crippen LogP contribution in [-0.4, -0.2) is 23.8 Å². The molecule has 0 aromatic rings. The molecule has 1 aliphatic rings. The first-order valence-corrected chi connectivity index (χ1v) is 6.48. The molecule has 0 aliphatic heterocycles. The van der Waals surface area contributed by atoms with E-state index in [0.29, 0.717) is 18.0 Å². The zero-order valence-electron chi connectivity index (χ0n) is 10.5. The van der Waals surface area contributed by atoms with Gasteiger partial charge in [-0.3, -0.25) is 0 Å². The molecule has 0 saturated heterocycles. The van der Waals surface area contributed by atoms with Gasteiger partial charge in [-0.1, -0.05) is 33.6 Å². The molecule has 0 aromatic heterocycles. The second-order valence-corrected chi connectivity index (χ2v) is 5.64. The Hall–Kier alpha value is -0.0800. The summed E-state index contributed by atoms with van der Waals surface area (Å²) in [5.41, 5.74) is 0. The lowest BCUT2D eigenvalue weighted by atomic mass is 9.86. The molecule has 0 radical (unpaired) electrons. The molecule has 2 N–H and O–H groups in total. The van der Waals surface area contributed by atoms with Crippen LogP contribution >= 0.6 is 0 Å². The molecule has 90 valence electrons. The van der Waals surface area contributed by atoms with Crippen molar-refractivity contribution in [3.05, 3.63) is 0 Å². The van der Waals surface area contributed by atoms with Crippen LogP contribution < -0.4 is 5.32 Å². The Bertz CT molecular complexity index is 168. The van der Waals surface area contributed by atoms with Gasteiger partial charge in [-0.05, 0) is 31.1 Å². The van der Waals surface area contributed by atoms with Crippen LogP contribution in [0.25, 0.3) is 0 Å². The molecule has 0 spiro atoms. The first-order chi connectivity index (χ1) is 7.11. The van der Waals surface area contributed by atoms with Crippen LogP contribution in [-0.2, 0) is 0 Å². The molecule has 1 aliphatic carbocycles. The maximum atomic E-state index is 9.31. The van der Waals surface area contributed by atoms with Crippen LogP contribution in [0, 0.1) is 11.8 Å². The normalized spacial score (nSPS) is 29.4. The SMILES string of the molecule is CC(C)C[C@H](CO)N[C@@H]1CCC[C@@H](C)C1. The van der Waals surface area contributed by atoms with Crippen molar-refractivity contribution < 1.29 is 5.11 Å². The van der Waals surface area contributed by atoms with Gasteiger partial charge in [0.05, 0.1) is 6.61 Å². The zero-order valence-corrected chi connectivity index (χ0v) is 10.5. The molecule has 0 aromatic carbocycles. The quantitative estimate of drug-likeness (QED) is 0.735. The van der Waals surface area contributed by atoms with Crippen LogP contribution in [0.1, 0.15) is 52.9 Å². The van der Waals surface area contributed by atoms with E-state index in [0.717, 1.165) is 12.3 Å². The van der Waals surface area contributed by atoms with Crippen molar-refractivity contribution in [1.82, 2.24) is 5.32 Å². The van der Waals surface area contributed by atoms with Crippen LogP contribution in [0.2, 0.25) is 0 Å². The molecule has 0 bridgehead atoms. The van der Waals surface area contributed by atoms with Crippen molar-refractivity contribution in [3.8, 4) is 0 Å². The largest absolute Gasteiger partial charge is 0.395 e. The number of aliphatic hydroxyl groups is 1. The van der Waals surface area contributed by atoms with E-state index in [9.17, 15) is 5.11 Å². The lowest BCUT2D eigenvalue weighted by Gasteiger charge is -2.31. The fraction of sp³-hybridized carbons (Fsp3) is 1.00. The van der Waals surface area contributed by atoms with Crippen molar-refractivity contribution >= 4 is 0 Å². The van der Waals surface area contributed by atoms with Gasteiger partial charge in [0, 0.05) is 12.1 Å². The fourth-order valence-electron chi connectivity index (χ4n) is 2.68. The van der Waals surface area contributed by atoms with E-state index >= 15 is 0 Å². The zero-order chi connectivity index (χ0) is 11.3. The first kappa shape index (κ1) is 13.0. The monoisotopic (exact) mass is 213 g/mol. The lowest BCUT2D eigenvalue weighted by Crippen LogP contribution is -2.43. The van der Waals surface area contributed by atoms with Gasteiger partial charge in [0.1, 0.15) is 0 Å². The number of aliphatic hydroxyl groups excluding tert-OH is 1. The number of hydrogen-bond donors (Lipinski definition) is 2. The smallest absolute Gasteiger partial charge is 0.0584 e. The summed E-state index contributed by atoms with van der Waals surface area (Å²) in [6, 6.07) is 0.949. The maximum Gasteiger partial charge on any atom is 0.0584 e. The van der Waals surface area contributed by atoms with Gasteiger partial charge in [0.2, 0.25) is 0 Å². The second-order valence-electron chi connectivity index (χ2n) is 5.64. The van der Waals surface area contributed by atoms with E-state index in [1.54, 1.807) is 0 Å². The highest BCUT2D eigenvalue weighted by molar-refractivity contribution is 4.80. The second kappa shape index (κ2) is 6.49. The van der Waals surface area contributed by atoms with Crippen LogP contribution in [0.15, 0.2) is 0 Å². The highest BCUT2D eigenvalue weighted by Gasteiger charge is 2.21. The van der Waals surface area contributed by atoms with Gasteiger partial charge in [-0.15, -0.1) is 0 Å². The fourth-order valence-corrected chi connectivity index (χ4v) is 2.68. The Morgan fingerprint density at radius 1 is 1.33 bits per heavy atom. The topological polar surface area (TPSA) is 32.3 Å². The third kappa shape index (κ3) is 4.98. The summed E-state index contributed by atoms with van der Waals surface area (Å²) in [5.74, 6) is 1.52. The van der Waals surface area contributed by atoms with Gasteiger partial charge < -0.3 is 10.4 Å². The lowest BCUT2D eigenvalue weighted by molar-refractivity contribution is 0.191. The van der Waals surface area contributed by atoms with Crippen LogP contribution in [0.3, 0.4) is 0 Å². The van der Waals surface area contributed by atoms with Crippen LogP contribution in [0.4, 0.5) is 0 Å². The molecule has 0 unspecified atom stereocenters. The van der Waals surface area contributed by atoms with Gasteiger partial charge >= 0.3 is 0 Å². The Balaban J connectivity index is 2.30. The van der Waals surface area contributed by atoms with Crippen molar-refractivity contribution in [2.45, 2.75) is 65.0 Å². The minimum absolute atomic E-state index is 0.281. The summed E-state index contributed by atoms with van der Waals surface area (Å²) in [6.45, 7) is 7.05. The van der Waals surface area contributed by atoms with E-state index in [1.807, 2.05) is 0 Å². The summed E-state index contributed by atoms with van der Waals surface area (Å²) in [4.78, 5) is 0. The third-order valence-corrected chi connectivity index (χ3v) is 3.38. The predicted octanol–water partition coefficient (Wildman–Crippen LogP) is 2.56. The Kier molecular flexibility index (Phi) is 5.62. The molecule has 1 saturated carbocycles. The van der Waals surface area contributed by atoms with E-state index < -0.39 is 0 Å². The summed E-state index contributed by atoms with van der Waals surface area (Å²) >= 11 is 0. The van der Waals surface area contributed by atoms with Crippen molar-refractivity contribution in [3.63, 3.8) is 0 Å². The highest BCUT2D eigenvalue weighted by Crippen LogP contribution is 2.24. The Morgan fingerprint density at radius 3 is 2.60 bits per heavy atom. The Morgan fingerprint density at radius 2 is 2.07 bits per heavy atom. The number of nitrogens with one attached hydrogen (secondary N) is 1. The van der Waals surface area contributed by atoms with Gasteiger partial charge in [-0.25, -0.2) is 0 Å². The predicted molar refractivity (Wildman–Crippen MR) is 64.9 cm³/mol. The number of rotatable bonds is 5. The molecule has 2 nitrogen and oxygen atoms in total. The first-order valence-electron chi connectivity index (χ1n) is 6.48. The standard InChI is InChI=1S/C13H27NO/c1-10(2)7-13(9-15)14-12-6-4-5-11(3)8-12/h10-15H,4-9H2,1-3H3/t11-,12-,13-/m1/s1. The summed E-state index contributed by atoms with van der Waals surface area (Å²) in [5, 5.41) is 12.9. The third-order valence-electron chi connectivity index (χ3n) is 3.38. The van der Waals surface area contributed by atoms with Gasteiger partial charge in [0.15, 0.2) is 0 Å². The average molecular weight is 213 g/mol. The average Bonchev–Trinajstić information content (AvgIpc) is 2.16. The van der Waals surface area contributed by atoms with E-state index in [1.165, 1.54) is 25.7 Å². The molecular weight excluding hydrogens is 186 g/mol. The maximum absolute atomic E-state index is 9.31. The summed E-state index contributed by atoms with van der Waals surface area (Å²) in [7, 11) is 0. The molecule has 15 heavy (non-hydrogen) atoms. The van der Waals surface area contributed by atoms with Crippen LogP contribution in [0.5, 0.6) is 0 Å². The minimum Gasteiger partial charge on any atom is -0.395 e. The molecule has 1 fully saturated rings. The summed E-state index contributed by atoms with van der Waals surface area (Å²) in [6.07, 6.45) is 6.39. The van der Waals surface area contributed by atoms with E-state index in [2.05, 4.69) is 26.1 Å². The Labute approximate surface area is 94.5 Å². The summed E-state index contributed by atoms with van der Waals surface area (Å²) < 4.78 is 0. The molecule has 2 heteroatoms.